The summed E-state index contributed by atoms with van der Waals surface area (Å²) in [6.45, 7) is 5.60. The molecule has 36 heavy (non-hydrogen) atoms. The van der Waals surface area contributed by atoms with E-state index in [0.717, 1.165) is 16.7 Å². The summed E-state index contributed by atoms with van der Waals surface area (Å²) in [6.07, 6.45) is 1.26. The summed E-state index contributed by atoms with van der Waals surface area (Å²) < 4.78 is 36.0. The maximum Gasteiger partial charge on any atom is 0.285 e. The van der Waals surface area contributed by atoms with E-state index in [1.165, 1.54) is 12.4 Å². The molecule has 0 radical (unpaired) electrons. The largest absolute Gasteiger partial charge is 0.455 e. The number of fused-ring (bicyclic) bond motifs is 1. The Balaban J connectivity index is 1.83. The SMILES string of the molecule is Cc1cc(C(C)Nc2ccccc2S(=O)(=O)N=CN(C)C)c2oc(-c3ccccc3)c(C)c(=O)c2c1. The molecule has 3 aromatic carbocycles. The minimum absolute atomic E-state index is 0.0641. The van der Waals surface area contributed by atoms with Gasteiger partial charge < -0.3 is 14.6 Å². The van der Waals surface area contributed by atoms with Gasteiger partial charge in [-0.3, -0.25) is 4.79 Å². The molecule has 1 N–H and O–H groups in total. The molecule has 186 valence electrons. The van der Waals surface area contributed by atoms with Crippen molar-refractivity contribution in [3.8, 4) is 11.3 Å². The number of rotatable bonds is 7. The summed E-state index contributed by atoms with van der Waals surface area (Å²) in [5.41, 5.74) is 3.81. The van der Waals surface area contributed by atoms with Crippen molar-refractivity contribution >= 4 is 33.0 Å². The highest BCUT2D eigenvalue weighted by Crippen LogP contribution is 2.33. The molecule has 4 rings (SSSR count). The highest BCUT2D eigenvalue weighted by Gasteiger charge is 2.22. The molecule has 4 aromatic rings. The second kappa shape index (κ2) is 9.99. The van der Waals surface area contributed by atoms with Crippen LogP contribution in [0.2, 0.25) is 0 Å². The molecule has 0 saturated heterocycles. The molecule has 0 aliphatic heterocycles. The van der Waals surface area contributed by atoms with E-state index >= 15 is 0 Å². The zero-order valence-electron chi connectivity index (χ0n) is 20.9. The Bertz CT molecular complexity index is 1610. The molecule has 1 heterocycles. The standard InChI is InChI=1S/C28H29N3O4S/c1-18-15-22(20(3)30-24-13-9-10-14-25(24)36(33,34)29-17-31(4)5)28-23(16-18)26(32)19(2)27(35-28)21-11-7-6-8-12-21/h6-17,20,30H,1-5H3. The predicted octanol–water partition coefficient (Wildman–Crippen LogP) is 5.53. The van der Waals surface area contributed by atoms with Crippen molar-refractivity contribution in [3.05, 3.63) is 93.6 Å². The molecule has 1 unspecified atom stereocenters. The van der Waals surface area contributed by atoms with Crippen LogP contribution in [0.3, 0.4) is 0 Å². The minimum atomic E-state index is -3.93. The van der Waals surface area contributed by atoms with Gasteiger partial charge in [0.1, 0.15) is 22.6 Å². The van der Waals surface area contributed by atoms with Crippen LogP contribution in [-0.2, 0) is 10.0 Å². The number of anilines is 1. The maximum atomic E-state index is 13.3. The molecule has 7 nitrogen and oxygen atoms in total. The number of aryl methyl sites for hydroxylation is 1. The molecule has 0 aliphatic carbocycles. The molecular weight excluding hydrogens is 474 g/mol. The van der Waals surface area contributed by atoms with Crippen LogP contribution in [0, 0.1) is 13.8 Å². The molecule has 0 aliphatic rings. The van der Waals surface area contributed by atoms with Crippen molar-refractivity contribution < 1.29 is 12.8 Å². The molecule has 1 atom stereocenters. The van der Waals surface area contributed by atoms with Gasteiger partial charge in [0.15, 0.2) is 5.43 Å². The number of sulfonamides is 1. The fourth-order valence-corrected chi connectivity index (χ4v) is 5.17. The number of para-hydroxylation sites is 1. The van der Waals surface area contributed by atoms with E-state index in [2.05, 4.69) is 9.71 Å². The lowest BCUT2D eigenvalue weighted by molar-refractivity contribution is 0.595. The summed E-state index contributed by atoms with van der Waals surface area (Å²) >= 11 is 0. The van der Waals surface area contributed by atoms with Crippen molar-refractivity contribution in [1.82, 2.24) is 4.90 Å². The molecular formula is C28H29N3O4S. The van der Waals surface area contributed by atoms with E-state index < -0.39 is 10.0 Å². The second-order valence-electron chi connectivity index (χ2n) is 9.00. The van der Waals surface area contributed by atoms with Crippen LogP contribution in [-0.4, -0.2) is 33.8 Å². The van der Waals surface area contributed by atoms with Crippen molar-refractivity contribution in [3.63, 3.8) is 0 Å². The van der Waals surface area contributed by atoms with E-state index in [4.69, 9.17) is 4.42 Å². The Morgan fingerprint density at radius 1 is 1.00 bits per heavy atom. The van der Waals surface area contributed by atoms with Gasteiger partial charge in [-0.1, -0.05) is 48.5 Å². The highest BCUT2D eigenvalue weighted by molar-refractivity contribution is 7.90. The van der Waals surface area contributed by atoms with Gasteiger partial charge in [-0.05, 0) is 44.5 Å². The topological polar surface area (TPSA) is 92.0 Å². The Kier molecular flexibility index (Phi) is 6.99. The van der Waals surface area contributed by atoms with Crippen LogP contribution in [0.1, 0.15) is 29.7 Å². The molecule has 0 bridgehead atoms. The first-order valence-electron chi connectivity index (χ1n) is 11.5. The monoisotopic (exact) mass is 503 g/mol. The molecule has 8 heteroatoms. The summed E-state index contributed by atoms with van der Waals surface area (Å²) in [7, 11) is -0.524. The molecule has 0 spiro atoms. The van der Waals surface area contributed by atoms with Gasteiger partial charge >= 0.3 is 0 Å². The van der Waals surface area contributed by atoms with Gasteiger partial charge in [-0.2, -0.15) is 8.42 Å². The second-order valence-corrected chi connectivity index (χ2v) is 10.6. The van der Waals surface area contributed by atoms with E-state index in [9.17, 15) is 13.2 Å². The molecule has 0 fully saturated rings. The first-order valence-corrected chi connectivity index (χ1v) is 13.0. The van der Waals surface area contributed by atoms with Crippen LogP contribution in [0.5, 0.6) is 0 Å². The maximum absolute atomic E-state index is 13.3. The summed E-state index contributed by atoms with van der Waals surface area (Å²) in [5.74, 6) is 0.520. The highest BCUT2D eigenvalue weighted by atomic mass is 32.2. The average Bonchev–Trinajstić information content (AvgIpc) is 2.85. The Labute approximate surface area is 211 Å². The van der Waals surface area contributed by atoms with Crippen LogP contribution in [0.25, 0.3) is 22.3 Å². The normalized spacial score (nSPS) is 12.7. The van der Waals surface area contributed by atoms with Crippen LogP contribution in [0.15, 0.2) is 85.2 Å². The van der Waals surface area contributed by atoms with Crippen LogP contribution < -0.4 is 10.7 Å². The molecule has 0 amide bonds. The van der Waals surface area contributed by atoms with Gasteiger partial charge in [0, 0.05) is 30.8 Å². The van der Waals surface area contributed by atoms with Crippen molar-refractivity contribution in [2.75, 3.05) is 19.4 Å². The smallest absolute Gasteiger partial charge is 0.285 e. The number of hydrogen-bond acceptors (Lipinski definition) is 5. The lowest BCUT2D eigenvalue weighted by atomic mass is 9.99. The van der Waals surface area contributed by atoms with Gasteiger partial charge in [-0.25, -0.2) is 0 Å². The van der Waals surface area contributed by atoms with E-state index in [1.807, 2.05) is 56.3 Å². The lowest BCUT2D eigenvalue weighted by Crippen LogP contribution is -2.14. The molecule has 1 aromatic heterocycles. The van der Waals surface area contributed by atoms with E-state index in [0.29, 0.717) is 28.0 Å². The number of hydrogen-bond donors (Lipinski definition) is 1. The van der Waals surface area contributed by atoms with Crippen molar-refractivity contribution in [1.29, 1.82) is 0 Å². The first-order chi connectivity index (χ1) is 17.1. The van der Waals surface area contributed by atoms with Crippen LogP contribution >= 0.6 is 0 Å². The average molecular weight is 504 g/mol. The van der Waals surface area contributed by atoms with E-state index in [1.54, 1.807) is 44.1 Å². The molecule has 0 saturated carbocycles. The van der Waals surface area contributed by atoms with Gasteiger partial charge in [-0.15, -0.1) is 4.40 Å². The predicted molar refractivity (Wildman–Crippen MR) is 145 cm³/mol. The van der Waals surface area contributed by atoms with Crippen molar-refractivity contribution in [2.24, 2.45) is 4.40 Å². The zero-order valence-corrected chi connectivity index (χ0v) is 21.8. The summed E-state index contributed by atoms with van der Waals surface area (Å²) in [4.78, 5) is 15.0. The third-order valence-corrected chi connectivity index (χ3v) is 7.13. The third kappa shape index (κ3) is 5.04. The summed E-state index contributed by atoms with van der Waals surface area (Å²) in [5, 5.41) is 3.80. The first kappa shape index (κ1) is 25.2. The number of benzene rings is 3. The van der Waals surface area contributed by atoms with E-state index in [-0.39, 0.29) is 16.4 Å². The third-order valence-electron chi connectivity index (χ3n) is 5.85. The van der Waals surface area contributed by atoms with Gasteiger partial charge in [0.2, 0.25) is 0 Å². The lowest BCUT2D eigenvalue weighted by Gasteiger charge is -2.20. The minimum Gasteiger partial charge on any atom is -0.455 e. The Morgan fingerprint density at radius 2 is 1.67 bits per heavy atom. The van der Waals surface area contributed by atoms with Crippen molar-refractivity contribution in [2.45, 2.75) is 31.7 Å². The van der Waals surface area contributed by atoms with Gasteiger partial charge in [0.25, 0.3) is 10.0 Å². The summed E-state index contributed by atoms with van der Waals surface area (Å²) in [6, 6.07) is 19.5. The number of nitrogens with one attached hydrogen (secondary N) is 1. The quantitative estimate of drug-likeness (QED) is 0.263. The number of nitrogens with zero attached hydrogens (tertiary/aromatic N) is 2. The fourth-order valence-electron chi connectivity index (χ4n) is 4.09. The Hall–Kier alpha value is -3.91. The fraction of sp³-hybridized carbons (Fsp3) is 0.214. The van der Waals surface area contributed by atoms with Gasteiger partial charge in [0.05, 0.1) is 17.1 Å². The Morgan fingerprint density at radius 3 is 2.36 bits per heavy atom. The zero-order chi connectivity index (χ0) is 26.0. The van der Waals surface area contributed by atoms with Crippen LogP contribution in [0.4, 0.5) is 5.69 Å².